The molecule has 0 aliphatic carbocycles. The molecule has 0 spiro atoms. The highest BCUT2D eigenvalue weighted by Crippen LogP contribution is 2.33. The average Bonchev–Trinajstić information content (AvgIpc) is 2.43. The number of hydrogen-bond donors (Lipinski definition) is 2. The van der Waals surface area contributed by atoms with Crippen molar-refractivity contribution in [3.8, 4) is 5.75 Å². The number of aliphatic carboxylic acids is 1. The van der Waals surface area contributed by atoms with Crippen LogP contribution in [-0.4, -0.2) is 41.6 Å². The van der Waals surface area contributed by atoms with Gasteiger partial charge in [-0.1, -0.05) is 12.1 Å². The van der Waals surface area contributed by atoms with Gasteiger partial charge in [0.15, 0.2) is 6.10 Å². The molecule has 0 saturated carbocycles. The highest BCUT2D eigenvalue weighted by atomic mass is 16.5. The standard InChI is InChI=1S/C14H16N2O5/c1-8(14(19)20)15-12(17)7-16-10-5-3-4-6-11(10)21-9(2)13(16)18/h3-6,8-9H,7H2,1-2H3,(H,15,17)(H,19,20)/t8-,9?/m1/s1. The molecule has 1 aliphatic heterocycles. The van der Waals surface area contributed by atoms with E-state index in [1.807, 2.05) is 0 Å². The van der Waals surface area contributed by atoms with Crippen LogP contribution in [0.3, 0.4) is 0 Å². The fourth-order valence-electron chi connectivity index (χ4n) is 2.01. The van der Waals surface area contributed by atoms with Crippen molar-refractivity contribution in [2.75, 3.05) is 11.4 Å². The van der Waals surface area contributed by atoms with Crippen molar-refractivity contribution in [1.82, 2.24) is 5.32 Å². The average molecular weight is 292 g/mol. The second-order valence-electron chi connectivity index (χ2n) is 4.78. The van der Waals surface area contributed by atoms with Crippen LogP contribution in [-0.2, 0) is 14.4 Å². The molecule has 7 heteroatoms. The fraction of sp³-hybridized carbons (Fsp3) is 0.357. The normalized spacial score (nSPS) is 18.5. The van der Waals surface area contributed by atoms with E-state index in [2.05, 4.69) is 5.32 Å². The summed E-state index contributed by atoms with van der Waals surface area (Å²) >= 11 is 0. The van der Waals surface area contributed by atoms with E-state index in [9.17, 15) is 14.4 Å². The van der Waals surface area contributed by atoms with Crippen LogP contribution in [0.25, 0.3) is 0 Å². The summed E-state index contributed by atoms with van der Waals surface area (Å²) in [7, 11) is 0. The van der Waals surface area contributed by atoms with Crippen molar-refractivity contribution < 1.29 is 24.2 Å². The molecule has 1 aliphatic rings. The van der Waals surface area contributed by atoms with Gasteiger partial charge in [-0.2, -0.15) is 0 Å². The zero-order valence-corrected chi connectivity index (χ0v) is 11.7. The predicted octanol–water partition coefficient (Wildman–Crippen LogP) is 0.390. The highest BCUT2D eigenvalue weighted by molar-refractivity contribution is 6.03. The first kappa shape index (κ1) is 14.8. The summed E-state index contributed by atoms with van der Waals surface area (Å²) in [6.45, 7) is 2.71. The maximum Gasteiger partial charge on any atom is 0.325 e. The van der Waals surface area contributed by atoms with Gasteiger partial charge in [-0.15, -0.1) is 0 Å². The lowest BCUT2D eigenvalue weighted by Gasteiger charge is -2.32. The second kappa shape index (κ2) is 5.82. The van der Waals surface area contributed by atoms with Crippen molar-refractivity contribution >= 4 is 23.5 Å². The highest BCUT2D eigenvalue weighted by Gasteiger charge is 2.32. The van der Waals surface area contributed by atoms with Gasteiger partial charge in [0.2, 0.25) is 5.91 Å². The Labute approximate surface area is 121 Å². The molecule has 1 heterocycles. The third-order valence-corrected chi connectivity index (χ3v) is 3.12. The van der Waals surface area contributed by atoms with Crippen molar-refractivity contribution in [2.24, 2.45) is 0 Å². The van der Waals surface area contributed by atoms with Crippen LogP contribution in [0.2, 0.25) is 0 Å². The Balaban J connectivity index is 2.17. The molecule has 2 atom stereocenters. The molecule has 1 unspecified atom stereocenters. The van der Waals surface area contributed by atoms with Crippen molar-refractivity contribution in [3.05, 3.63) is 24.3 Å². The number of anilines is 1. The van der Waals surface area contributed by atoms with E-state index in [-0.39, 0.29) is 12.5 Å². The molecule has 0 aromatic heterocycles. The van der Waals surface area contributed by atoms with Gasteiger partial charge in [0.1, 0.15) is 18.3 Å². The summed E-state index contributed by atoms with van der Waals surface area (Å²) in [5, 5.41) is 11.1. The number of para-hydroxylation sites is 2. The summed E-state index contributed by atoms with van der Waals surface area (Å²) < 4.78 is 5.46. The number of nitrogens with zero attached hydrogens (tertiary/aromatic N) is 1. The first-order valence-corrected chi connectivity index (χ1v) is 6.49. The molecular formula is C14H16N2O5. The number of hydrogen-bond acceptors (Lipinski definition) is 4. The molecule has 21 heavy (non-hydrogen) atoms. The number of benzene rings is 1. The van der Waals surface area contributed by atoms with Crippen molar-refractivity contribution in [3.63, 3.8) is 0 Å². The predicted molar refractivity (Wildman–Crippen MR) is 74.1 cm³/mol. The largest absolute Gasteiger partial charge is 0.480 e. The Bertz CT molecular complexity index is 586. The topological polar surface area (TPSA) is 95.9 Å². The molecule has 1 aromatic rings. The lowest BCUT2D eigenvalue weighted by molar-refractivity contribution is -0.141. The number of carboxylic acids is 1. The number of carbonyl (C=O) groups is 3. The van der Waals surface area contributed by atoms with Gasteiger partial charge in [0, 0.05) is 0 Å². The molecule has 2 amide bonds. The Morgan fingerprint density at radius 3 is 2.76 bits per heavy atom. The summed E-state index contributed by atoms with van der Waals surface area (Å²) in [5.74, 6) is -1.50. The van der Waals surface area contributed by atoms with Crippen molar-refractivity contribution in [1.29, 1.82) is 0 Å². The Morgan fingerprint density at radius 1 is 1.43 bits per heavy atom. The van der Waals surface area contributed by atoms with Gasteiger partial charge in [0.05, 0.1) is 5.69 Å². The summed E-state index contributed by atoms with van der Waals surface area (Å²) in [6, 6.07) is 5.87. The summed E-state index contributed by atoms with van der Waals surface area (Å²) in [6.07, 6.45) is -0.690. The molecule has 1 aromatic carbocycles. The smallest absolute Gasteiger partial charge is 0.325 e. The first-order valence-electron chi connectivity index (χ1n) is 6.49. The van der Waals surface area contributed by atoms with Crippen LogP contribution < -0.4 is 15.0 Å². The molecule has 0 radical (unpaired) electrons. The SMILES string of the molecule is CC1Oc2ccccc2N(CC(=O)N[C@H](C)C(=O)O)C1=O. The number of rotatable bonds is 4. The molecule has 0 bridgehead atoms. The number of carbonyl (C=O) groups excluding carboxylic acids is 2. The molecule has 2 N–H and O–H groups in total. The van der Waals surface area contributed by atoms with Crippen LogP contribution in [0.15, 0.2) is 24.3 Å². The Morgan fingerprint density at radius 2 is 2.10 bits per heavy atom. The fourth-order valence-corrected chi connectivity index (χ4v) is 2.01. The van der Waals surface area contributed by atoms with E-state index in [1.54, 1.807) is 31.2 Å². The van der Waals surface area contributed by atoms with E-state index in [0.29, 0.717) is 11.4 Å². The van der Waals surface area contributed by atoms with Crippen LogP contribution in [0.1, 0.15) is 13.8 Å². The molecule has 7 nitrogen and oxygen atoms in total. The minimum atomic E-state index is -1.13. The number of nitrogens with one attached hydrogen (secondary N) is 1. The monoisotopic (exact) mass is 292 g/mol. The van der Waals surface area contributed by atoms with E-state index in [4.69, 9.17) is 9.84 Å². The van der Waals surface area contributed by atoms with Gasteiger partial charge in [-0.05, 0) is 26.0 Å². The molecule has 112 valence electrons. The van der Waals surface area contributed by atoms with Gasteiger partial charge in [-0.3, -0.25) is 19.3 Å². The quantitative estimate of drug-likeness (QED) is 0.837. The van der Waals surface area contributed by atoms with Crippen LogP contribution in [0.5, 0.6) is 5.75 Å². The summed E-state index contributed by atoms with van der Waals surface area (Å²) in [4.78, 5) is 36.1. The zero-order chi connectivity index (χ0) is 15.6. The minimum absolute atomic E-state index is 0.249. The van der Waals surface area contributed by atoms with E-state index >= 15 is 0 Å². The Kier molecular flexibility index (Phi) is 4.11. The third kappa shape index (κ3) is 3.13. The maximum atomic E-state index is 12.1. The van der Waals surface area contributed by atoms with Gasteiger partial charge < -0.3 is 15.2 Å². The van der Waals surface area contributed by atoms with Gasteiger partial charge in [0.25, 0.3) is 5.91 Å². The number of carboxylic acid groups (broad SMARTS) is 1. The lowest BCUT2D eigenvalue weighted by Crippen LogP contribution is -2.50. The molecule has 0 fully saturated rings. The first-order chi connectivity index (χ1) is 9.90. The van der Waals surface area contributed by atoms with E-state index < -0.39 is 24.0 Å². The molecular weight excluding hydrogens is 276 g/mol. The van der Waals surface area contributed by atoms with E-state index in [0.717, 1.165) is 0 Å². The number of ether oxygens (including phenoxy) is 1. The number of amides is 2. The molecule has 0 saturated heterocycles. The number of fused-ring (bicyclic) bond motifs is 1. The third-order valence-electron chi connectivity index (χ3n) is 3.12. The van der Waals surface area contributed by atoms with Crippen LogP contribution >= 0.6 is 0 Å². The maximum absolute atomic E-state index is 12.1. The lowest BCUT2D eigenvalue weighted by atomic mass is 10.2. The van der Waals surface area contributed by atoms with Gasteiger partial charge in [-0.25, -0.2) is 0 Å². The molecule has 2 rings (SSSR count). The second-order valence-corrected chi connectivity index (χ2v) is 4.78. The summed E-state index contributed by atoms with van der Waals surface area (Å²) in [5.41, 5.74) is 0.499. The van der Waals surface area contributed by atoms with Crippen LogP contribution in [0, 0.1) is 0 Å². The Hall–Kier alpha value is -2.57. The zero-order valence-electron chi connectivity index (χ0n) is 11.7. The van der Waals surface area contributed by atoms with E-state index in [1.165, 1.54) is 11.8 Å². The van der Waals surface area contributed by atoms with Crippen LogP contribution in [0.4, 0.5) is 5.69 Å². The minimum Gasteiger partial charge on any atom is -0.480 e. The van der Waals surface area contributed by atoms with Crippen molar-refractivity contribution in [2.45, 2.75) is 26.0 Å². The van der Waals surface area contributed by atoms with Gasteiger partial charge >= 0.3 is 5.97 Å².